The molecule has 134 valence electrons. The van der Waals surface area contributed by atoms with Crippen LogP contribution in [0.2, 0.25) is 10.0 Å². The summed E-state index contributed by atoms with van der Waals surface area (Å²) in [6.45, 7) is 0.197. The highest BCUT2D eigenvalue weighted by Crippen LogP contribution is 2.27. The van der Waals surface area contributed by atoms with Crippen LogP contribution < -0.4 is 10.1 Å². The van der Waals surface area contributed by atoms with E-state index in [1.54, 1.807) is 18.2 Å². The van der Waals surface area contributed by atoms with Crippen LogP contribution in [0.15, 0.2) is 53.5 Å². The van der Waals surface area contributed by atoms with Gasteiger partial charge in [0.25, 0.3) is 5.91 Å². The number of nitrogens with zero attached hydrogens (tertiary/aromatic N) is 1. The Morgan fingerprint density at radius 3 is 2.54 bits per heavy atom. The highest BCUT2D eigenvalue weighted by molar-refractivity contribution is 8.15. The molecule has 26 heavy (non-hydrogen) atoms. The summed E-state index contributed by atoms with van der Waals surface area (Å²) in [7, 11) is 0. The Hall–Kier alpha value is -2.02. The summed E-state index contributed by atoms with van der Waals surface area (Å²) >= 11 is 13.1. The summed E-state index contributed by atoms with van der Waals surface area (Å²) in [6.07, 6.45) is 0.00592. The van der Waals surface area contributed by atoms with Crippen LogP contribution in [0.4, 0.5) is 5.69 Å². The molecule has 1 atom stereocenters. The fraction of sp³-hybridized carbons (Fsp3) is 0.167. The van der Waals surface area contributed by atoms with Gasteiger partial charge in [-0.15, -0.1) is 0 Å². The molecule has 1 N–H and O–H groups in total. The maximum Gasteiger partial charge on any atom is 0.260 e. The number of halogens is 2. The minimum Gasteiger partial charge on any atom is -0.487 e. The summed E-state index contributed by atoms with van der Waals surface area (Å²) < 4.78 is 5.58. The van der Waals surface area contributed by atoms with E-state index in [0.717, 1.165) is 0 Å². The first-order chi connectivity index (χ1) is 12.5. The molecule has 0 fully saturated rings. The quantitative estimate of drug-likeness (QED) is 0.766. The van der Waals surface area contributed by atoms with Crippen molar-refractivity contribution < 1.29 is 14.3 Å². The van der Waals surface area contributed by atoms with Gasteiger partial charge in [0.1, 0.15) is 22.7 Å². The number of carbonyl (C=O) groups is 2. The normalized spacial score (nSPS) is 16.3. The maximum atomic E-state index is 12.2. The number of nitrogens with one attached hydrogen (secondary N) is 1. The van der Waals surface area contributed by atoms with Crippen LogP contribution in [0.25, 0.3) is 0 Å². The van der Waals surface area contributed by atoms with E-state index in [1.807, 2.05) is 30.3 Å². The number of anilines is 1. The van der Waals surface area contributed by atoms with Crippen LogP contribution in [-0.2, 0) is 9.59 Å². The van der Waals surface area contributed by atoms with E-state index in [2.05, 4.69) is 10.3 Å². The lowest BCUT2D eigenvalue weighted by Crippen LogP contribution is -2.21. The number of aliphatic imine (C=N–C) groups is 1. The minimum atomic E-state index is -0.556. The third kappa shape index (κ3) is 5.24. The molecule has 0 aliphatic carbocycles. The molecular formula is C18H14Cl2N2O3S. The van der Waals surface area contributed by atoms with E-state index < -0.39 is 5.25 Å². The average Bonchev–Trinajstić information content (AvgIpc) is 2.92. The Kier molecular flexibility index (Phi) is 6.19. The second-order valence-electron chi connectivity index (χ2n) is 5.46. The van der Waals surface area contributed by atoms with Crippen molar-refractivity contribution in [3.8, 4) is 5.75 Å². The van der Waals surface area contributed by atoms with Gasteiger partial charge in [0.05, 0.1) is 0 Å². The van der Waals surface area contributed by atoms with Crippen LogP contribution in [0.1, 0.15) is 6.42 Å². The van der Waals surface area contributed by atoms with E-state index in [-0.39, 0.29) is 24.8 Å². The number of amides is 2. The third-order valence-corrected chi connectivity index (χ3v) is 4.98. The number of benzene rings is 2. The Morgan fingerprint density at radius 1 is 1.15 bits per heavy atom. The van der Waals surface area contributed by atoms with Gasteiger partial charge in [0, 0.05) is 22.2 Å². The van der Waals surface area contributed by atoms with Gasteiger partial charge >= 0.3 is 0 Å². The van der Waals surface area contributed by atoms with Crippen LogP contribution >= 0.6 is 35.0 Å². The van der Waals surface area contributed by atoms with Gasteiger partial charge in [-0.25, -0.2) is 4.99 Å². The standard InChI is InChI=1S/C18H14Cl2N2O3S/c19-11-6-12(20)8-13(7-11)21-16(23)9-15-18(24)22-17(26-15)10-25-14-4-2-1-3-5-14/h1-8,15H,9-10H2,(H,21,23)/t15-/m0/s1. The highest BCUT2D eigenvalue weighted by atomic mass is 35.5. The Labute approximate surface area is 164 Å². The molecule has 3 rings (SSSR count). The third-order valence-electron chi connectivity index (χ3n) is 3.41. The number of carbonyl (C=O) groups excluding carboxylic acids is 2. The Morgan fingerprint density at radius 2 is 1.85 bits per heavy atom. The molecule has 1 aliphatic heterocycles. The first-order valence-corrected chi connectivity index (χ1v) is 9.35. The summed E-state index contributed by atoms with van der Waals surface area (Å²) in [5.41, 5.74) is 0.483. The molecular weight excluding hydrogens is 395 g/mol. The lowest BCUT2D eigenvalue weighted by Gasteiger charge is -2.09. The van der Waals surface area contributed by atoms with Gasteiger partial charge in [-0.1, -0.05) is 53.2 Å². The molecule has 2 aromatic carbocycles. The molecule has 0 spiro atoms. The first-order valence-electron chi connectivity index (χ1n) is 7.71. The van der Waals surface area contributed by atoms with Crippen LogP contribution in [0, 0.1) is 0 Å². The first kappa shape index (κ1) is 18.8. The lowest BCUT2D eigenvalue weighted by atomic mass is 10.2. The molecule has 1 heterocycles. The van der Waals surface area contributed by atoms with Crippen molar-refractivity contribution >= 4 is 57.5 Å². The summed E-state index contributed by atoms with van der Waals surface area (Å²) in [5.74, 6) is 0.0535. The fourth-order valence-corrected chi connectivity index (χ4v) is 3.81. The van der Waals surface area contributed by atoms with Crippen molar-refractivity contribution in [2.24, 2.45) is 4.99 Å². The molecule has 1 aliphatic rings. The monoisotopic (exact) mass is 408 g/mol. The molecule has 0 unspecified atom stereocenters. The SMILES string of the molecule is O=C(C[C@@H]1SC(COc2ccccc2)=NC1=O)Nc1cc(Cl)cc(Cl)c1. The van der Waals surface area contributed by atoms with E-state index in [9.17, 15) is 9.59 Å². The summed E-state index contributed by atoms with van der Waals surface area (Å²) in [5, 5.41) is 3.53. The van der Waals surface area contributed by atoms with Gasteiger partial charge in [-0.3, -0.25) is 9.59 Å². The molecule has 0 aromatic heterocycles. The molecule has 0 saturated carbocycles. The van der Waals surface area contributed by atoms with E-state index in [0.29, 0.717) is 26.5 Å². The van der Waals surface area contributed by atoms with E-state index in [1.165, 1.54) is 11.8 Å². The Bertz CT molecular complexity index is 839. The zero-order chi connectivity index (χ0) is 18.5. The minimum absolute atomic E-state index is 0.00592. The number of rotatable bonds is 6. The molecule has 0 bridgehead atoms. The van der Waals surface area contributed by atoms with Gasteiger partial charge in [0.2, 0.25) is 5.91 Å². The van der Waals surface area contributed by atoms with Gasteiger partial charge in [-0.2, -0.15) is 0 Å². The zero-order valence-electron chi connectivity index (χ0n) is 13.4. The zero-order valence-corrected chi connectivity index (χ0v) is 15.8. The summed E-state index contributed by atoms with van der Waals surface area (Å²) in [4.78, 5) is 28.2. The molecule has 2 aromatic rings. The topological polar surface area (TPSA) is 67.8 Å². The van der Waals surface area contributed by atoms with Crippen LogP contribution in [-0.4, -0.2) is 28.7 Å². The number of hydrogen-bond donors (Lipinski definition) is 1. The molecule has 2 amide bonds. The second kappa shape index (κ2) is 8.58. The highest BCUT2D eigenvalue weighted by Gasteiger charge is 2.30. The number of ether oxygens (including phenoxy) is 1. The van der Waals surface area contributed by atoms with Crippen molar-refractivity contribution in [3.05, 3.63) is 58.6 Å². The van der Waals surface area contributed by atoms with Gasteiger partial charge in [-0.05, 0) is 30.3 Å². The predicted octanol–water partition coefficient (Wildman–Crippen LogP) is 4.44. The fourth-order valence-electron chi connectivity index (χ4n) is 2.30. The summed E-state index contributed by atoms with van der Waals surface area (Å²) in [6, 6.07) is 14.0. The predicted molar refractivity (Wildman–Crippen MR) is 105 cm³/mol. The van der Waals surface area contributed by atoms with Crippen LogP contribution in [0.3, 0.4) is 0 Å². The largest absolute Gasteiger partial charge is 0.487 e. The van der Waals surface area contributed by atoms with E-state index in [4.69, 9.17) is 27.9 Å². The number of hydrogen-bond acceptors (Lipinski definition) is 4. The van der Waals surface area contributed by atoms with E-state index >= 15 is 0 Å². The van der Waals surface area contributed by atoms with Crippen molar-refractivity contribution in [2.75, 3.05) is 11.9 Å². The molecule has 0 radical (unpaired) electrons. The second-order valence-corrected chi connectivity index (χ2v) is 7.61. The molecule has 8 heteroatoms. The van der Waals surface area contributed by atoms with Crippen molar-refractivity contribution in [1.29, 1.82) is 0 Å². The smallest absolute Gasteiger partial charge is 0.260 e. The average molecular weight is 409 g/mol. The number of para-hydroxylation sites is 1. The lowest BCUT2D eigenvalue weighted by molar-refractivity contribution is -0.121. The molecule has 0 saturated heterocycles. The molecule has 5 nitrogen and oxygen atoms in total. The van der Waals surface area contributed by atoms with Crippen molar-refractivity contribution in [2.45, 2.75) is 11.7 Å². The van der Waals surface area contributed by atoms with Crippen LogP contribution in [0.5, 0.6) is 5.75 Å². The van der Waals surface area contributed by atoms with Gasteiger partial charge < -0.3 is 10.1 Å². The van der Waals surface area contributed by atoms with Crippen molar-refractivity contribution in [3.63, 3.8) is 0 Å². The van der Waals surface area contributed by atoms with Crippen molar-refractivity contribution in [1.82, 2.24) is 0 Å². The number of thioether (sulfide) groups is 1. The Balaban J connectivity index is 1.51. The maximum absolute atomic E-state index is 12.2. The van der Waals surface area contributed by atoms with Gasteiger partial charge in [0.15, 0.2) is 0 Å².